The molecule has 0 unspecified atom stereocenters. The molecular weight excluding hydrogens is 413 g/mol. The average molecular weight is 441 g/mol. The zero-order chi connectivity index (χ0) is 16.5. The highest BCUT2D eigenvalue weighted by atomic mass is 127. The van der Waals surface area contributed by atoms with Crippen LogP contribution in [0.5, 0.6) is 0 Å². The number of benzene rings is 1. The van der Waals surface area contributed by atoms with Crippen LogP contribution < -0.4 is 10.6 Å². The Kier molecular flexibility index (Phi) is 9.44. The van der Waals surface area contributed by atoms with E-state index in [-0.39, 0.29) is 24.0 Å². The molecule has 0 amide bonds. The minimum Gasteiger partial charge on any atom is -0.356 e. The number of unbranched alkanes of at least 4 members (excludes halogenated alkanes) is 1. The molecule has 2 aromatic rings. The lowest BCUT2D eigenvalue weighted by Gasteiger charge is -2.13. The van der Waals surface area contributed by atoms with Gasteiger partial charge in [-0.2, -0.15) is 0 Å². The maximum Gasteiger partial charge on any atom is 0.191 e. The minimum atomic E-state index is 0. The summed E-state index contributed by atoms with van der Waals surface area (Å²) in [5.74, 6) is 1.93. The van der Waals surface area contributed by atoms with Crippen LogP contribution in [-0.2, 0) is 13.1 Å². The molecule has 0 aliphatic carbocycles. The van der Waals surface area contributed by atoms with Gasteiger partial charge in [-0.05, 0) is 37.8 Å². The predicted molar refractivity (Wildman–Crippen MR) is 111 cm³/mol. The molecule has 0 fully saturated rings. The topological polar surface area (TPSA) is 54.2 Å². The van der Waals surface area contributed by atoms with Crippen LogP contribution in [0.1, 0.15) is 29.8 Å². The molecule has 0 radical (unpaired) electrons. The zero-order valence-electron chi connectivity index (χ0n) is 14.7. The normalized spacial score (nSPS) is 11.0. The largest absolute Gasteiger partial charge is 0.356 e. The predicted octanol–water partition coefficient (Wildman–Crippen LogP) is 3.26. The van der Waals surface area contributed by atoms with E-state index in [9.17, 15) is 0 Å². The Labute approximate surface area is 162 Å². The lowest BCUT2D eigenvalue weighted by atomic mass is 10.1. The van der Waals surface area contributed by atoms with Crippen molar-refractivity contribution in [3.63, 3.8) is 0 Å². The molecule has 0 atom stereocenters. The van der Waals surface area contributed by atoms with Gasteiger partial charge in [-0.1, -0.05) is 24.3 Å². The first-order chi connectivity index (χ1) is 11.2. The van der Waals surface area contributed by atoms with Crippen molar-refractivity contribution in [1.82, 2.24) is 20.2 Å². The summed E-state index contributed by atoms with van der Waals surface area (Å²) in [5.41, 5.74) is 2.59. The molecule has 24 heavy (non-hydrogen) atoms. The first-order valence-electron chi connectivity index (χ1n) is 8.17. The summed E-state index contributed by atoms with van der Waals surface area (Å²) >= 11 is 0. The maximum absolute atomic E-state index is 4.27. The molecule has 1 heterocycles. The monoisotopic (exact) mass is 441 g/mol. The van der Waals surface area contributed by atoms with Crippen LogP contribution in [0, 0.1) is 13.8 Å². The number of halogens is 1. The first kappa shape index (κ1) is 20.5. The first-order valence-corrected chi connectivity index (χ1v) is 8.17. The molecule has 2 N–H and O–H groups in total. The van der Waals surface area contributed by atoms with E-state index in [1.54, 1.807) is 0 Å². The van der Waals surface area contributed by atoms with Crippen molar-refractivity contribution in [1.29, 1.82) is 0 Å². The highest BCUT2D eigenvalue weighted by molar-refractivity contribution is 14.0. The Balaban J connectivity index is 0.00000288. The van der Waals surface area contributed by atoms with Crippen LogP contribution in [0.15, 0.2) is 41.7 Å². The second-order valence-electron chi connectivity index (χ2n) is 5.65. The molecule has 2 rings (SSSR count). The second kappa shape index (κ2) is 11.1. The Hall–Kier alpha value is -1.57. The smallest absolute Gasteiger partial charge is 0.191 e. The fourth-order valence-corrected chi connectivity index (χ4v) is 2.46. The van der Waals surface area contributed by atoms with Crippen LogP contribution in [0.3, 0.4) is 0 Å². The van der Waals surface area contributed by atoms with E-state index in [1.807, 2.05) is 26.4 Å². The van der Waals surface area contributed by atoms with Gasteiger partial charge in [0.15, 0.2) is 5.96 Å². The van der Waals surface area contributed by atoms with Gasteiger partial charge >= 0.3 is 0 Å². The van der Waals surface area contributed by atoms with E-state index < -0.39 is 0 Å². The second-order valence-corrected chi connectivity index (χ2v) is 5.65. The Bertz CT molecular complexity index is 636. The number of aryl methyl sites for hydroxylation is 3. The fourth-order valence-electron chi connectivity index (χ4n) is 2.46. The third kappa shape index (κ3) is 6.51. The molecule has 0 spiro atoms. The summed E-state index contributed by atoms with van der Waals surface area (Å²) < 4.78 is 2.19. The van der Waals surface area contributed by atoms with Gasteiger partial charge in [-0.25, -0.2) is 4.98 Å². The molecule has 0 saturated carbocycles. The van der Waals surface area contributed by atoms with E-state index >= 15 is 0 Å². The summed E-state index contributed by atoms with van der Waals surface area (Å²) in [7, 11) is 1.81. The Morgan fingerprint density at radius 3 is 2.62 bits per heavy atom. The van der Waals surface area contributed by atoms with E-state index in [0.717, 1.165) is 44.3 Å². The lowest BCUT2D eigenvalue weighted by Crippen LogP contribution is -2.37. The SMILES string of the molecule is CN=C(NCCCCn1ccnc1C)NCc1ccccc1C.I. The number of guanidine groups is 1. The highest BCUT2D eigenvalue weighted by Gasteiger charge is 2.01. The zero-order valence-corrected chi connectivity index (χ0v) is 17.1. The van der Waals surface area contributed by atoms with Crippen molar-refractivity contribution >= 4 is 29.9 Å². The molecule has 1 aromatic carbocycles. The van der Waals surface area contributed by atoms with Crippen LogP contribution in [-0.4, -0.2) is 29.1 Å². The highest BCUT2D eigenvalue weighted by Crippen LogP contribution is 2.05. The van der Waals surface area contributed by atoms with Crippen molar-refractivity contribution in [2.24, 2.45) is 4.99 Å². The molecule has 5 nitrogen and oxygen atoms in total. The summed E-state index contributed by atoms with van der Waals surface area (Å²) in [5, 5.41) is 6.73. The number of rotatable bonds is 7. The summed E-state index contributed by atoms with van der Waals surface area (Å²) in [6.07, 6.45) is 6.11. The van der Waals surface area contributed by atoms with Gasteiger partial charge in [0.2, 0.25) is 0 Å². The van der Waals surface area contributed by atoms with Gasteiger partial charge in [0, 0.05) is 39.1 Å². The number of hydrogen-bond acceptors (Lipinski definition) is 2. The maximum atomic E-state index is 4.27. The number of nitrogens with zero attached hydrogens (tertiary/aromatic N) is 3. The fraction of sp³-hybridized carbons (Fsp3) is 0.444. The molecule has 0 saturated heterocycles. The van der Waals surface area contributed by atoms with Gasteiger partial charge in [0.1, 0.15) is 5.82 Å². The third-order valence-corrected chi connectivity index (χ3v) is 3.97. The van der Waals surface area contributed by atoms with Gasteiger partial charge in [0.05, 0.1) is 0 Å². The van der Waals surface area contributed by atoms with Gasteiger partial charge in [-0.3, -0.25) is 4.99 Å². The number of nitrogens with one attached hydrogen (secondary N) is 2. The Morgan fingerprint density at radius 2 is 1.96 bits per heavy atom. The average Bonchev–Trinajstić information content (AvgIpc) is 2.96. The molecule has 0 bridgehead atoms. The van der Waals surface area contributed by atoms with Gasteiger partial charge in [-0.15, -0.1) is 24.0 Å². The van der Waals surface area contributed by atoms with Gasteiger partial charge < -0.3 is 15.2 Å². The van der Waals surface area contributed by atoms with Crippen molar-refractivity contribution in [2.45, 2.75) is 39.8 Å². The van der Waals surface area contributed by atoms with Crippen molar-refractivity contribution in [3.05, 3.63) is 53.6 Å². The van der Waals surface area contributed by atoms with Crippen LogP contribution in [0.4, 0.5) is 0 Å². The van der Waals surface area contributed by atoms with Crippen LogP contribution in [0.2, 0.25) is 0 Å². The standard InChI is InChI=1S/C18H27N5.HI/c1-15-8-4-5-9-17(15)14-22-18(19-3)21-10-6-7-12-23-13-11-20-16(23)2;/h4-5,8-9,11,13H,6-7,10,12,14H2,1-3H3,(H2,19,21,22);1H. The number of aliphatic imine (C=N–C) groups is 1. The van der Waals surface area contributed by atoms with E-state index in [1.165, 1.54) is 11.1 Å². The molecular formula is C18H28IN5. The van der Waals surface area contributed by atoms with Gasteiger partial charge in [0.25, 0.3) is 0 Å². The van der Waals surface area contributed by atoms with Crippen LogP contribution >= 0.6 is 24.0 Å². The third-order valence-electron chi connectivity index (χ3n) is 3.97. The number of imidazole rings is 1. The summed E-state index contributed by atoms with van der Waals surface area (Å²) in [6, 6.07) is 8.40. The summed E-state index contributed by atoms with van der Waals surface area (Å²) in [4.78, 5) is 8.51. The lowest BCUT2D eigenvalue weighted by molar-refractivity contribution is 0.588. The molecule has 0 aliphatic heterocycles. The molecule has 1 aromatic heterocycles. The number of hydrogen-bond donors (Lipinski definition) is 2. The van der Waals surface area contributed by atoms with E-state index in [4.69, 9.17) is 0 Å². The van der Waals surface area contributed by atoms with Crippen molar-refractivity contribution in [3.8, 4) is 0 Å². The molecule has 0 aliphatic rings. The van der Waals surface area contributed by atoms with Crippen molar-refractivity contribution in [2.75, 3.05) is 13.6 Å². The van der Waals surface area contributed by atoms with Crippen LogP contribution in [0.25, 0.3) is 0 Å². The molecule has 132 valence electrons. The summed E-state index contributed by atoms with van der Waals surface area (Å²) in [6.45, 7) is 6.89. The Morgan fingerprint density at radius 1 is 1.17 bits per heavy atom. The van der Waals surface area contributed by atoms with E-state index in [2.05, 4.69) is 56.4 Å². The van der Waals surface area contributed by atoms with E-state index in [0.29, 0.717) is 0 Å². The minimum absolute atomic E-state index is 0. The number of aromatic nitrogens is 2. The van der Waals surface area contributed by atoms with Crippen molar-refractivity contribution < 1.29 is 0 Å². The molecule has 6 heteroatoms. The quantitative estimate of drug-likeness (QED) is 0.300.